The van der Waals surface area contributed by atoms with Gasteiger partial charge in [-0.3, -0.25) is 4.98 Å². The fraction of sp³-hybridized carbons (Fsp3) is 0.517. The summed E-state index contributed by atoms with van der Waals surface area (Å²) in [6, 6.07) is 11.3. The van der Waals surface area contributed by atoms with Crippen molar-refractivity contribution in [1.29, 1.82) is 0 Å². The van der Waals surface area contributed by atoms with E-state index in [0.29, 0.717) is 11.8 Å². The zero-order chi connectivity index (χ0) is 24.6. The Hall–Kier alpha value is -2.82. The van der Waals surface area contributed by atoms with Crippen LogP contribution in [0.5, 0.6) is 0 Å². The highest BCUT2D eigenvalue weighted by atomic mass is 16.6. The number of benzene rings is 1. The first kappa shape index (κ1) is 24.3. The van der Waals surface area contributed by atoms with E-state index < -0.39 is 5.60 Å². The van der Waals surface area contributed by atoms with Gasteiger partial charge in [-0.2, -0.15) is 0 Å². The number of aryl methyl sites for hydroxylation is 2. The lowest BCUT2D eigenvalue weighted by molar-refractivity contribution is 0.0205. The van der Waals surface area contributed by atoms with Crippen LogP contribution in [-0.4, -0.2) is 39.7 Å². The lowest BCUT2D eigenvalue weighted by Gasteiger charge is -2.33. The molecule has 1 aliphatic rings. The van der Waals surface area contributed by atoms with Gasteiger partial charge in [0.2, 0.25) is 0 Å². The van der Waals surface area contributed by atoms with Crippen molar-refractivity contribution in [2.24, 2.45) is 0 Å². The maximum absolute atomic E-state index is 12.5. The minimum Gasteiger partial charge on any atom is -0.444 e. The number of piperidine rings is 1. The van der Waals surface area contributed by atoms with Crippen LogP contribution in [0.2, 0.25) is 0 Å². The van der Waals surface area contributed by atoms with Crippen molar-refractivity contribution in [3.8, 4) is 11.3 Å². The van der Waals surface area contributed by atoms with Crippen molar-refractivity contribution < 1.29 is 9.53 Å². The largest absolute Gasteiger partial charge is 0.444 e. The predicted molar refractivity (Wildman–Crippen MR) is 140 cm³/mol. The number of nitrogens with zero attached hydrogens (tertiary/aromatic N) is 2. The molecule has 0 spiro atoms. The van der Waals surface area contributed by atoms with Crippen molar-refractivity contribution in [2.45, 2.75) is 85.2 Å². The minimum atomic E-state index is -0.455. The van der Waals surface area contributed by atoms with Gasteiger partial charge in [0.25, 0.3) is 0 Å². The molecular weight excluding hydrogens is 422 g/mol. The molecule has 1 N–H and O–H groups in total. The van der Waals surface area contributed by atoms with Crippen molar-refractivity contribution in [2.75, 3.05) is 13.1 Å². The number of likely N-dealkylation sites (tertiary alicyclic amines) is 1. The normalized spacial score (nSPS) is 15.4. The number of hydrogen-bond acceptors (Lipinski definition) is 3. The summed E-state index contributed by atoms with van der Waals surface area (Å²) in [5.74, 6) is 0.850. The molecule has 34 heavy (non-hydrogen) atoms. The van der Waals surface area contributed by atoms with Gasteiger partial charge in [-0.05, 0) is 94.2 Å². The second kappa shape index (κ2) is 9.44. The highest BCUT2D eigenvalue weighted by Gasteiger charge is 2.28. The average Bonchev–Trinajstić information content (AvgIpc) is 3.16. The standard InChI is InChI=1S/C29H39N3O2/c1-8-23-16-22(15-19(4)30-23)27-26(18(2)3)24-17-21(9-10-25(24)31-27)20-11-13-32(14-12-20)28(33)34-29(5,6)7/h9-10,15-18,20,31H,8,11-14H2,1-7H3. The summed E-state index contributed by atoms with van der Waals surface area (Å²) in [5.41, 5.74) is 8.07. The van der Waals surface area contributed by atoms with Crippen molar-refractivity contribution >= 4 is 17.0 Å². The van der Waals surface area contributed by atoms with Crippen LogP contribution in [0.4, 0.5) is 4.79 Å². The number of pyridine rings is 1. The van der Waals surface area contributed by atoms with Crippen LogP contribution in [0.1, 0.15) is 88.7 Å². The number of carbonyl (C=O) groups excluding carboxylic acids is 1. The Morgan fingerprint density at radius 1 is 1.18 bits per heavy atom. The van der Waals surface area contributed by atoms with Crippen LogP contribution in [0, 0.1) is 6.92 Å². The van der Waals surface area contributed by atoms with Crippen LogP contribution >= 0.6 is 0 Å². The molecule has 0 saturated carbocycles. The van der Waals surface area contributed by atoms with E-state index in [-0.39, 0.29) is 6.09 Å². The number of rotatable bonds is 4. The van der Waals surface area contributed by atoms with Gasteiger partial charge in [-0.1, -0.05) is 26.8 Å². The first-order chi connectivity index (χ1) is 16.1. The molecule has 4 rings (SSSR count). The summed E-state index contributed by atoms with van der Waals surface area (Å²) in [6.07, 6.45) is 2.65. The number of aromatic nitrogens is 2. The number of amides is 1. The summed E-state index contributed by atoms with van der Waals surface area (Å²) < 4.78 is 5.57. The summed E-state index contributed by atoms with van der Waals surface area (Å²) in [6.45, 7) is 16.0. The number of nitrogens with one attached hydrogen (secondary N) is 1. The highest BCUT2D eigenvalue weighted by Crippen LogP contribution is 2.38. The molecule has 0 radical (unpaired) electrons. The molecular formula is C29H39N3O2. The number of ether oxygens (including phenoxy) is 1. The summed E-state index contributed by atoms with van der Waals surface area (Å²) in [4.78, 5) is 22.7. The van der Waals surface area contributed by atoms with E-state index in [1.807, 2.05) is 25.7 Å². The Balaban J connectivity index is 1.62. The van der Waals surface area contributed by atoms with Gasteiger partial charge < -0.3 is 14.6 Å². The second-order valence-corrected chi connectivity index (χ2v) is 11.0. The SMILES string of the molecule is CCc1cc(-c2[nH]c3ccc(C4CCN(C(=O)OC(C)(C)C)CC4)cc3c2C(C)C)cc(C)n1. The van der Waals surface area contributed by atoms with Gasteiger partial charge in [0.05, 0.1) is 5.69 Å². The van der Waals surface area contributed by atoms with E-state index in [2.05, 4.69) is 68.0 Å². The minimum absolute atomic E-state index is 0.196. The first-order valence-electron chi connectivity index (χ1n) is 12.7. The van der Waals surface area contributed by atoms with Gasteiger partial charge in [0.15, 0.2) is 0 Å². The Kier molecular flexibility index (Phi) is 6.75. The van der Waals surface area contributed by atoms with E-state index in [0.717, 1.165) is 43.7 Å². The Morgan fingerprint density at radius 3 is 2.50 bits per heavy atom. The van der Waals surface area contributed by atoms with E-state index >= 15 is 0 Å². The van der Waals surface area contributed by atoms with Crippen LogP contribution in [0.15, 0.2) is 30.3 Å². The van der Waals surface area contributed by atoms with Crippen molar-refractivity contribution in [3.63, 3.8) is 0 Å². The number of H-pyrrole nitrogens is 1. The van der Waals surface area contributed by atoms with Gasteiger partial charge >= 0.3 is 6.09 Å². The van der Waals surface area contributed by atoms with Gasteiger partial charge in [-0.15, -0.1) is 0 Å². The quantitative estimate of drug-likeness (QED) is 0.442. The van der Waals surface area contributed by atoms with Crippen molar-refractivity contribution in [1.82, 2.24) is 14.9 Å². The summed E-state index contributed by atoms with van der Waals surface area (Å²) in [5, 5.41) is 1.31. The van der Waals surface area contributed by atoms with Gasteiger partial charge in [0.1, 0.15) is 5.60 Å². The van der Waals surface area contributed by atoms with E-state index in [1.165, 1.54) is 33.3 Å². The molecule has 5 heteroatoms. The molecule has 1 fully saturated rings. The Bertz CT molecular complexity index is 1180. The third kappa shape index (κ3) is 5.13. The Morgan fingerprint density at radius 2 is 1.88 bits per heavy atom. The number of aromatic amines is 1. The molecule has 2 aromatic heterocycles. The fourth-order valence-electron chi connectivity index (χ4n) is 5.10. The lowest BCUT2D eigenvalue weighted by atomic mass is 9.87. The van der Waals surface area contributed by atoms with Crippen LogP contribution in [0.3, 0.4) is 0 Å². The van der Waals surface area contributed by atoms with Gasteiger partial charge in [-0.25, -0.2) is 4.79 Å². The number of hydrogen-bond donors (Lipinski definition) is 1. The molecule has 5 nitrogen and oxygen atoms in total. The third-order valence-electron chi connectivity index (χ3n) is 6.72. The van der Waals surface area contributed by atoms with Crippen molar-refractivity contribution in [3.05, 3.63) is 52.8 Å². The highest BCUT2D eigenvalue weighted by molar-refractivity contribution is 5.92. The molecule has 1 aromatic carbocycles. The fourth-order valence-corrected chi connectivity index (χ4v) is 5.10. The van der Waals surface area contributed by atoms with E-state index in [9.17, 15) is 4.79 Å². The monoisotopic (exact) mass is 461 g/mol. The number of carbonyl (C=O) groups is 1. The smallest absolute Gasteiger partial charge is 0.410 e. The topological polar surface area (TPSA) is 58.2 Å². The van der Waals surface area contributed by atoms with E-state index in [1.54, 1.807) is 0 Å². The zero-order valence-corrected chi connectivity index (χ0v) is 21.8. The molecule has 3 heterocycles. The summed E-state index contributed by atoms with van der Waals surface area (Å²) >= 11 is 0. The third-order valence-corrected chi connectivity index (χ3v) is 6.72. The molecule has 182 valence electrons. The molecule has 3 aromatic rings. The van der Waals surface area contributed by atoms with Crippen LogP contribution in [-0.2, 0) is 11.2 Å². The lowest BCUT2D eigenvalue weighted by Crippen LogP contribution is -2.41. The number of fused-ring (bicyclic) bond motifs is 1. The predicted octanol–water partition coefficient (Wildman–Crippen LogP) is 7.34. The second-order valence-electron chi connectivity index (χ2n) is 11.0. The van der Waals surface area contributed by atoms with Crippen LogP contribution < -0.4 is 0 Å². The molecule has 0 bridgehead atoms. The first-order valence-corrected chi connectivity index (χ1v) is 12.7. The molecule has 1 aliphatic heterocycles. The molecule has 0 unspecified atom stereocenters. The van der Waals surface area contributed by atoms with Gasteiger partial charge in [0, 0.05) is 40.9 Å². The summed E-state index contributed by atoms with van der Waals surface area (Å²) in [7, 11) is 0. The zero-order valence-electron chi connectivity index (χ0n) is 21.8. The Labute approximate surface area is 203 Å². The molecule has 1 amide bonds. The maximum atomic E-state index is 12.5. The van der Waals surface area contributed by atoms with E-state index in [4.69, 9.17) is 4.74 Å². The average molecular weight is 462 g/mol. The maximum Gasteiger partial charge on any atom is 0.410 e. The molecule has 1 saturated heterocycles. The molecule has 0 aliphatic carbocycles. The van der Waals surface area contributed by atoms with Crippen LogP contribution in [0.25, 0.3) is 22.2 Å². The molecule has 0 atom stereocenters.